The van der Waals surface area contributed by atoms with Crippen molar-refractivity contribution in [3.05, 3.63) is 23.8 Å². The Bertz CT molecular complexity index is 365. The van der Waals surface area contributed by atoms with Gasteiger partial charge in [0.05, 0.1) is 25.0 Å². The Balaban J connectivity index is 2.66. The van der Waals surface area contributed by atoms with Crippen molar-refractivity contribution in [2.45, 2.75) is 6.42 Å². The molecule has 1 aromatic carbocycles. The molecule has 0 heterocycles. The highest BCUT2D eigenvalue weighted by molar-refractivity contribution is 5.91. The van der Waals surface area contributed by atoms with Crippen LogP contribution in [0.1, 0.15) is 16.8 Å². The van der Waals surface area contributed by atoms with Crippen LogP contribution in [0.5, 0.6) is 5.75 Å². The number of nitrogens with two attached hydrogens (primary N) is 1. The quantitative estimate of drug-likeness (QED) is 0.440. The van der Waals surface area contributed by atoms with Crippen LogP contribution in [0, 0.1) is 0 Å². The van der Waals surface area contributed by atoms with Gasteiger partial charge in [0.1, 0.15) is 5.75 Å². The predicted octanol–water partition coefficient (Wildman–Crippen LogP) is 0.817. The normalized spacial score (nSPS) is 9.88. The first-order chi connectivity index (χ1) is 7.69. The molecule has 1 rings (SSSR count). The number of aliphatic hydroxyl groups is 1. The standard InChI is InChI=1S/C11H15NO4/c1-15-10-4-3-8(7-9(10)12)11(14)16-6-2-5-13/h3-4,7,13H,2,5-6,12H2,1H3. The van der Waals surface area contributed by atoms with Gasteiger partial charge in [-0.3, -0.25) is 0 Å². The van der Waals surface area contributed by atoms with Gasteiger partial charge in [0.15, 0.2) is 0 Å². The Morgan fingerprint density at radius 3 is 2.81 bits per heavy atom. The van der Waals surface area contributed by atoms with Crippen molar-refractivity contribution in [1.29, 1.82) is 0 Å². The second-order valence-corrected chi connectivity index (χ2v) is 3.17. The van der Waals surface area contributed by atoms with Crippen LogP contribution in [0.3, 0.4) is 0 Å². The number of esters is 1. The van der Waals surface area contributed by atoms with Gasteiger partial charge >= 0.3 is 5.97 Å². The van der Waals surface area contributed by atoms with Gasteiger partial charge in [0.25, 0.3) is 0 Å². The lowest BCUT2D eigenvalue weighted by Gasteiger charge is -2.07. The highest BCUT2D eigenvalue weighted by Crippen LogP contribution is 2.22. The van der Waals surface area contributed by atoms with Crippen LogP contribution in [0.15, 0.2) is 18.2 Å². The van der Waals surface area contributed by atoms with E-state index in [0.717, 1.165) is 0 Å². The van der Waals surface area contributed by atoms with Gasteiger partial charge in [0, 0.05) is 13.0 Å². The second-order valence-electron chi connectivity index (χ2n) is 3.17. The number of hydrogen-bond donors (Lipinski definition) is 2. The summed E-state index contributed by atoms with van der Waals surface area (Å²) in [4.78, 5) is 11.5. The number of hydrogen-bond acceptors (Lipinski definition) is 5. The molecule has 0 fully saturated rings. The number of aliphatic hydroxyl groups excluding tert-OH is 1. The molecule has 0 radical (unpaired) electrons. The van der Waals surface area contributed by atoms with Crippen molar-refractivity contribution in [2.24, 2.45) is 0 Å². The van der Waals surface area contributed by atoms with Gasteiger partial charge in [-0.1, -0.05) is 0 Å². The number of ether oxygens (including phenoxy) is 2. The molecule has 0 saturated heterocycles. The van der Waals surface area contributed by atoms with Crippen molar-refractivity contribution in [3.8, 4) is 5.75 Å². The lowest BCUT2D eigenvalue weighted by molar-refractivity contribution is 0.0482. The van der Waals surface area contributed by atoms with E-state index in [1.165, 1.54) is 13.2 Å². The Labute approximate surface area is 93.8 Å². The zero-order valence-electron chi connectivity index (χ0n) is 9.10. The van der Waals surface area contributed by atoms with Crippen molar-refractivity contribution < 1.29 is 19.4 Å². The summed E-state index contributed by atoms with van der Waals surface area (Å²) in [6.07, 6.45) is 0.428. The average Bonchev–Trinajstić information content (AvgIpc) is 2.29. The fraction of sp³-hybridized carbons (Fsp3) is 0.364. The molecule has 5 heteroatoms. The van der Waals surface area contributed by atoms with E-state index in [0.29, 0.717) is 23.4 Å². The summed E-state index contributed by atoms with van der Waals surface area (Å²) in [5.41, 5.74) is 6.41. The molecule has 0 aliphatic carbocycles. The smallest absolute Gasteiger partial charge is 0.338 e. The molecule has 0 amide bonds. The molecule has 3 N–H and O–H groups in total. The maximum atomic E-state index is 11.5. The largest absolute Gasteiger partial charge is 0.495 e. The minimum absolute atomic E-state index is 0.00195. The van der Waals surface area contributed by atoms with Crippen LogP contribution in [0.2, 0.25) is 0 Å². The Morgan fingerprint density at radius 2 is 2.25 bits per heavy atom. The first-order valence-corrected chi connectivity index (χ1v) is 4.90. The maximum Gasteiger partial charge on any atom is 0.338 e. The van der Waals surface area contributed by atoms with Gasteiger partial charge in [-0.2, -0.15) is 0 Å². The summed E-state index contributed by atoms with van der Waals surface area (Å²) in [5, 5.41) is 8.53. The van der Waals surface area contributed by atoms with Gasteiger partial charge in [-0.25, -0.2) is 4.79 Å². The molecule has 0 aromatic heterocycles. The van der Waals surface area contributed by atoms with E-state index in [-0.39, 0.29) is 13.2 Å². The Kier molecular flexibility index (Phi) is 4.60. The number of carbonyl (C=O) groups is 1. The number of methoxy groups -OCH3 is 1. The molecule has 0 aliphatic rings. The summed E-state index contributed by atoms with van der Waals surface area (Å²) >= 11 is 0. The summed E-state index contributed by atoms with van der Waals surface area (Å²) in [7, 11) is 1.50. The van der Waals surface area contributed by atoms with E-state index in [2.05, 4.69) is 0 Å². The molecule has 88 valence electrons. The van der Waals surface area contributed by atoms with Gasteiger partial charge < -0.3 is 20.3 Å². The molecule has 0 unspecified atom stereocenters. The van der Waals surface area contributed by atoms with Crippen LogP contribution >= 0.6 is 0 Å². The lowest BCUT2D eigenvalue weighted by Crippen LogP contribution is -2.08. The van der Waals surface area contributed by atoms with E-state index in [1.807, 2.05) is 0 Å². The van der Waals surface area contributed by atoms with E-state index >= 15 is 0 Å². The van der Waals surface area contributed by atoms with E-state index in [1.54, 1.807) is 12.1 Å². The third kappa shape index (κ3) is 3.13. The number of anilines is 1. The Morgan fingerprint density at radius 1 is 1.50 bits per heavy atom. The van der Waals surface area contributed by atoms with E-state index < -0.39 is 5.97 Å². The van der Waals surface area contributed by atoms with E-state index in [4.69, 9.17) is 20.3 Å². The lowest BCUT2D eigenvalue weighted by atomic mass is 10.2. The monoisotopic (exact) mass is 225 g/mol. The minimum Gasteiger partial charge on any atom is -0.495 e. The van der Waals surface area contributed by atoms with Crippen LogP contribution in [-0.2, 0) is 4.74 Å². The second kappa shape index (κ2) is 5.97. The van der Waals surface area contributed by atoms with Crippen molar-refractivity contribution in [2.75, 3.05) is 26.1 Å². The minimum atomic E-state index is -0.456. The molecule has 0 bridgehead atoms. The Hall–Kier alpha value is -1.75. The third-order valence-corrected chi connectivity index (χ3v) is 2.00. The molecule has 0 atom stereocenters. The molecule has 5 nitrogen and oxygen atoms in total. The fourth-order valence-corrected chi connectivity index (χ4v) is 1.17. The summed E-state index contributed by atoms with van der Waals surface area (Å²) < 4.78 is 9.87. The third-order valence-electron chi connectivity index (χ3n) is 2.00. The highest BCUT2D eigenvalue weighted by Gasteiger charge is 2.09. The van der Waals surface area contributed by atoms with Crippen LogP contribution < -0.4 is 10.5 Å². The van der Waals surface area contributed by atoms with Crippen molar-refractivity contribution in [3.63, 3.8) is 0 Å². The SMILES string of the molecule is COc1ccc(C(=O)OCCCO)cc1N. The summed E-state index contributed by atoms with van der Waals surface area (Å²) in [6, 6.07) is 4.69. The van der Waals surface area contributed by atoms with Gasteiger partial charge in [-0.05, 0) is 18.2 Å². The highest BCUT2D eigenvalue weighted by atomic mass is 16.5. The van der Waals surface area contributed by atoms with Crippen LogP contribution in [0.25, 0.3) is 0 Å². The van der Waals surface area contributed by atoms with Crippen LogP contribution in [-0.4, -0.2) is 31.4 Å². The predicted molar refractivity (Wildman–Crippen MR) is 59.4 cm³/mol. The molecule has 0 aliphatic heterocycles. The number of benzene rings is 1. The van der Waals surface area contributed by atoms with Crippen molar-refractivity contribution in [1.82, 2.24) is 0 Å². The molecule has 0 saturated carbocycles. The summed E-state index contributed by atoms with van der Waals surface area (Å²) in [6.45, 7) is 0.194. The van der Waals surface area contributed by atoms with Crippen LogP contribution in [0.4, 0.5) is 5.69 Å². The molecule has 0 spiro atoms. The fourth-order valence-electron chi connectivity index (χ4n) is 1.17. The number of carbonyl (C=O) groups excluding carboxylic acids is 1. The zero-order valence-corrected chi connectivity index (χ0v) is 9.10. The molecular weight excluding hydrogens is 210 g/mol. The van der Waals surface area contributed by atoms with Gasteiger partial charge in [0.2, 0.25) is 0 Å². The van der Waals surface area contributed by atoms with E-state index in [9.17, 15) is 4.79 Å². The summed E-state index contributed by atoms with van der Waals surface area (Å²) in [5.74, 6) is 0.0645. The van der Waals surface area contributed by atoms with Crippen molar-refractivity contribution >= 4 is 11.7 Å². The zero-order chi connectivity index (χ0) is 12.0. The molecule has 1 aromatic rings. The maximum absolute atomic E-state index is 11.5. The number of rotatable bonds is 5. The molecule has 16 heavy (non-hydrogen) atoms. The topological polar surface area (TPSA) is 81.8 Å². The first-order valence-electron chi connectivity index (χ1n) is 4.90. The van der Waals surface area contributed by atoms with Gasteiger partial charge in [-0.15, -0.1) is 0 Å². The molecular formula is C11H15NO4. The first kappa shape index (κ1) is 12.3. The number of nitrogen functional groups attached to an aromatic ring is 1. The average molecular weight is 225 g/mol.